The second-order valence-electron chi connectivity index (χ2n) is 2.60. The summed E-state index contributed by atoms with van der Waals surface area (Å²) < 4.78 is 0. The Labute approximate surface area is 91.7 Å². The van der Waals surface area contributed by atoms with Gasteiger partial charge >= 0.3 is 35.3 Å². The largest absolute Gasteiger partial charge is 0.673 e. The van der Waals surface area contributed by atoms with Crippen LogP contribution in [-0.4, -0.2) is 12.1 Å². The summed E-state index contributed by atoms with van der Waals surface area (Å²) in [5, 5.41) is 0. The van der Waals surface area contributed by atoms with E-state index in [2.05, 4.69) is 0 Å². The first kappa shape index (κ1) is 15.7. The predicted molar refractivity (Wildman–Crippen MR) is 52.7 cm³/mol. The number of halogens is 2. The molecular weight excluding hydrogens is 378 g/mol. The van der Waals surface area contributed by atoms with Gasteiger partial charge in [-0.15, -0.1) is 6.04 Å². The molecule has 12 heavy (non-hydrogen) atoms. The molecule has 0 aliphatic heterocycles. The third-order valence-electron chi connectivity index (χ3n) is 1.82. The Bertz CT molecular complexity index is 85.5. The van der Waals surface area contributed by atoms with E-state index in [1.807, 2.05) is 0 Å². The van der Waals surface area contributed by atoms with Crippen LogP contribution in [0.25, 0.3) is 5.73 Å². The van der Waals surface area contributed by atoms with Crippen LogP contribution >= 0.6 is 18.8 Å². The SMILES string of the molecule is [CH3-].[Cl][Pt+2][Cl].[NH-]C1CCCCC1N. The zero-order chi connectivity index (χ0) is 8.69. The molecule has 0 aromatic rings. The molecule has 2 nitrogen and oxygen atoms in total. The third-order valence-corrected chi connectivity index (χ3v) is 1.82. The van der Waals surface area contributed by atoms with E-state index in [4.69, 9.17) is 30.3 Å². The van der Waals surface area contributed by atoms with Gasteiger partial charge in [0.05, 0.1) is 0 Å². The molecule has 1 rings (SSSR count). The molecule has 0 amide bonds. The zero-order valence-electron chi connectivity index (χ0n) is 7.13. The Hall–Kier alpha value is 1.19. The summed E-state index contributed by atoms with van der Waals surface area (Å²) >= 11 is -0.472. The molecule has 1 saturated carbocycles. The van der Waals surface area contributed by atoms with Gasteiger partial charge in [-0.25, -0.2) is 0 Å². The normalized spacial score (nSPS) is 28.3. The van der Waals surface area contributed by atoms with Gasteiger partial charge in [0, 0.05) is 0 Å². The Kier molecular flexibility index (Phi) is 13.4. The molecule has 0 bridgehead atoms. The monoisotopic (exact) mass is 393 g/mol. The summed E-state index contributed by atoms with van der Waals surface area (Å²) in [7, 11) is 9.75. The van der Waals surface area contributed by atoms with E-state index in [9.17, 15) is 0 Å². The molecule has 0 aromatic heterocycles. The maximum absolute atomic E-state index is 7.35. The number of rotatable bonds is 0. The minimum Gasteiger partial charge on any atom is -0.673 e. The van der Waals surface area contributed by atoms with E-state index in [1.54, 1.807) is 0 Å². The summed E-state index contributed by atoms with van der Waals surface area (Å²) in [6, 6.07) is 0.201. The molecule has 0 saturated heterocycles. The molecule has 0 radical (unpaired) electrons. The van der Waals surface area contributed by atoms with Crippen molar-refractivity contribution in [3.8, 4) is 0 Å². The second-order valence-corrected chi connectivity index (χ2v) is 5.88. The first-order chi connectivity index (χ1) is 5.22. The van der Waals surface area contributed by atoms with Gasteiger partial charge in [-0.2, -0.15) is 0 Å². The fourth-order valence-corrected chi connectivity index (χ4v) is 1.16. The standard InChI is InChI=1S/C6H13N2.CH3.2ClH.Pt/c7-5-3-1-2-4-6(5)8;;;;/h5-7H,1-4,8H2;1H3;2*1H;/q2*-1;;;+4/p-2. The number of hydrogen-bond donors (Lipinski definition) is 1. The maximum atomic E-state index is 7.35. The van der Waals surface area contributed by atoms with Crippen molar-refractivity contribution in [1.29, 1.82) is 0 Å². The van der Waals surface area contributed by atoms with Crippen molar-refractivity contribution >= 4 is 18.8 Å². The Morgan fingerprint density at radius 2 is 1.67 bits per heavy atom. The Morgan fingerprint density at radius 3 is 1.92 bits per heavy atom. The minimum absolute atomic E-state index is 0. The van der Waals surface area contributed by atoms with Gasteiger partial charge in [0.1, 0.15) is 0 Å². The van der Waals surface area contributed by atoms with Gasteiger partial charge in [-0.1, -0.05) is 19.3 Å². The smallest absolute Gasteiger partial charge is 0.0123 e. The average Bonchev–Trinajstić information content (AvgIpc) is 1.97. The molecule has 78 valence electrons. The van der Waals surface area contributed by atoms with Crippen molar-refractivity contribution in [2.75, 3.05) is 0 Å². The number of hydrogen-bond acceptors (Lipinski definition) is 1. The van der Waals surface area contributed by atoms with Gasteiger partial charge in [-0.3, -0.25) is 0 Å². The van der Waals surface area contributed by atoms with Crippen LogP contribution < -0.4 is 5.73 Å². The van der Waals surface area contributed by atoms with Crippen LogP contribution in [-0.2, 0) is 16.5 Å². The zero-order valence-corrected chi connectivity index (χ0v) is 10.9. The van der Waals surface area contributed by atoms with Crippen LogP contribution in [0.1, 0.15) is 25.7 Å². The number of nitrogens with two attached hydrogens (primary N) is 1. The van der Waals surface area contributed by atoms with E-state index in [0.29, 0.717) is 0 Å². The van der Waals surface area contributed by atoms with Crippen molar-refractivity contribution < 1.29 is 16.5 Å². The van der Waals surface area contributed by atoms with E-state index < -0.39 is 16.5 Å². The molecule has 3 N–H and O–H groups in total. The molecule has 0 heterocycles. The van der Waals surface area contributed by atoms with E-state index >= 15 is 0 Å². The predicted octanol–water partition coefficient (Wildman–Crippen LogP) is 3.14. The summed E-state index contributed by atoms with van der Waals surface area (Å²) in [5.74, 6) is 0. The fourth-order valence-electron chi connectivity index (χ4n) is 1.16. The molecule has 1 aliphatic rings. The minimum atomic E-state index is -0.472. The van der Waals surface area contributed by atoms with Crippen molar-refractivity contribution in [3.05, 3.63) is 13.2 Å². The molecular formula is C7H16Cl2N2Pt. The summed E-state index contributed by atoms with van der Waals surface area (Å²) in [4.78, 5) is 0. The van der Waals surface area contributed by atoms with Crippen LogP contribution in [0.2, 0.25) is 0 Å². The molecule has 0 aromatic carbocycles. The summed E-state index contributed by atoms with van der Waals surface area (Å²) in [5.41, 5.74) is 12.9. The van der Waals surface area contributed by atoms with Gasteiger partial charge in [0.25, 0.3) is 0 Å². The quantitative estimate of drug-likeness (QED) is 0.631. The first-order valence-electron chi connectivity index (χ1n) is 3.51. The second kappa shape index (κ2) is 10.3. The average molecular weight is 394 g/mol. The third kappa shape index (κ3) is 7.82. The van der Waals surface area contributed by atoms with Gasteiger partial charge in [0.15, 0.2) is 0 Å². The number of nitrogens with one attached hydrogen (secondary N) is 1. The van der Waals surface area contributed by atoms with Crippen LogP contribution in [0.5, 0.6) is 0 Å². The van der Waals surface area contributed by atoms with E-state index in [-0.39, 0.29) is 19.5 Å². The summed E-state index contributed by atoms with van der Waals surface area (Å²) in [6.45, 7) is 0. The van der Waals surface area contributed by atoms with Gasteiger partial charge < -0.3 is 18.9 Å². The van der Waals surface area contributed by atoms with E-state index in [1.165, 1.54) is 12.8 Å². The fraction of sp³-hybridized carbons (Fsp3) is 0.857. The molecule has 0 spiro atoms. The van der Waals surface area contributed by atoms with Gasteiger partial charge in [0.2, 0.25) is 0 Å². The van der Waals surface area contributed by atoms with Crippen LogP contribution in [0.4, 0.5) is 0 Å². The van der Waals surface area contributed by atoms with Crippen LogP contribution in [0, 0.1) is 7.43 Å². The molecule has 5 heteroatoms. The maximum Gasteiger partial charge on any atom is -0.0123 e. The first-order valence-corrected chi connectivity index (χ1v) is 9.14. The molecule has 1 aliphatic carbocycles. The van der Waals surface area contributed by atoms with Crippen molar-refractivity contribution in [3.63, 3.8) is 0 Å². The molecule has 2 unspecified atom stereocenters. The Morgan fingerprint density at radius 1 is 1.25 bits per heavy atom. The van der Waals surface area contributed by atoms with Crippen molar-refractivity contribution in [1.82, 2.24) is 0 Å². The molecule has 2 atom stereocenters. The van der Waals surface area contributed by atoms with E-state index in [0.717, 1.165) is 12.8 Å². The molecule has 1 fully saturated rings. The van der Waals surface area contributed by atoms with Gasteiger partial charge in [-0.05, 0) is 12.5 Å². The van der Waals surface area contributed by atoms with Crippen LogP contribution in [0.15, 0.2) is 0 Å². The Balaban J connectivity index is 0. The van der Waals surface area contributed by atoms with Crippen molar-refractivity contribution in [2.45, 2.75) is 37.8 Å². The topological polar surface area (TPSA) is 49.8 Å². The van der Waals surface area contributed by atoms with Crippen molar-refractivity contribution in [2.24, 2.45) is 5.73 Å². The van der Waals surface area contributed by atoms with Crippen LogP contribution in [0.3, 0.4) is 0 Å². The summed E-state index contributed by atoms with van der Waals surface area (Å²) in [6.07, 6.45) is 4.52.